The summed E-state index contributed by atoms with van der Waals surface area (Å²) >= 11 is 1.89. The van der Waals surface area contributed by atoms with Crippen molar-refractivity contribution in [2.45, 2.75) is 51.5 Å². The van der Waals surface area contributed by atoms with Crippen molar-refractivity contribution in [3.63, 3.8) is 0 Å². The lowest BCUT2D eigenvalue weighted by atomic mass is 9.86. The molecule has 0 saturated heterocycles. The summed E-state index contributed by atoms with van der Waals surface area (Å²) < 4.78 is 0. The van der Waals surface area contributed by atoms with Crippen LogP contribution in [0.25, 0.3) is 0 Å². The van der Waals surface area contributed by atoms with Crippen LogP contribution in [0.2, 0.25) is 0 Å². The third-order valence-corrected chi connectivity index (χ3v) is 5.48. The van der Waals surface area contributed by atoms with E-state index in [-0.39, 0.29) is 11.5 Å². The molecule has 21 heavy (non-hydrogen) atoms. The molecule has 0 saturated carbocycles. The Morgan fingerprint density at radius 2 is 1.86 bits per heavy atom. The van der Waals surface area contributed by atoms with E-state index < -0.39 is 0 Å². The van der Waals surface area contributed by atoms with Gasteiger partial charge in [-0.2, -0.15) is 0 Å². The van der Waals surface area contributed by atoms with Crippen molar-refractivity contribution in [2.75, 3.05) is 7.05 Å². The van der Waals surface area contributed by atoms with Crippen LogP contribution in [0.3, 0.4) is 0 Å². The van der Waals surface area contributed by atoms with E-state index in [1.54, 1.807) is 0 Å². The summed E-state index contributed by atoms with van der Waals surface area (Å²) in [5, 5.41) is 4.64. The molecule has 1 unspecified atom stereocenters. The van der Waals surface area contributed by atoms with Crippen molar-refractivity contribution in [3.05, 3.63) is 51.0 Å². The lowest BCUT2D eigenvalue weighted by Gasteiger charge is -2.21. The molecule has 1 aromatic heterocycles. The molecular weight excluding hydrogens is 276 g/mol. The minimum Gasteiger partial charge on any atom is -0.307 e. The number of thiazole rings is 1. The number of nitrogens with zero attached hydrogens (tertiary/aromatic N) is 1. The molecule has 0 amide bonds. The summed E-state index contributed by atoms with van der Waals surface area (Å²) in [7, 11) is 2.02. The van der Waals surface area contributed by atoms with Gasteiger partial charge in [-0.15, -0.1) is 11.3 Å². The van der Waals surface area contributed by atoms with Crippen LogP contribution in [-0.4, -0.2) is 12.0 Å². The molecule has 0 bridgehead atoms. The van der Waals surface area contributed by atoms with Gasteiger partial charge in [-0.25, -0.2) is 4.98 Å². The molecule has 1 aliphatic rings. The van der Waals surface area contributed by atoms with Gasteiger partial charge in [-0.1, -0.05) is 45.0 Å². The monoisotopic (exact) mass is 300 g/mol. The predicted octanol–water partition coefficient (Wildman–Crippen LogP) is 4.24. The summed E-state index contributed by atoms with van der Waals surface area (Å²) in [4.78, 5) is 6.36. The summed E-state index contributed by atoms with van der Waals surface area (Å²) in [5.74, 6) is 0. The molecule has 1 aromatic carbocycles. The Balaban J connectivity index is 1.89. The van der Waals surface area contributed by atoms with Gasteiger partial charge in [-0.3, -0.25) is 0 Å². The number of nitrogens with one attached hydrogen (secondary N) is 1. The molecule has 2 aromatic rings. The second-order valence-corrected chi connectivity index (χ2v) is 7.98. The average molecular weight is 300 g/mol. The highest BCUT2D eigenvalue weighted by Crippen LogP contribution is 2.33. The standard InChI is InChI=1S/C18H24N2S/c1-18(2,3)13-10-8-12(9-11-13)16(19-4)17-20-14-6-5-7-15(14)21-17/h8-11,16,19H,5-7H2,1-4H3. The molecule has 1 atom stereocenters. The smallest absolute Gasteiger partial charge is 0.115 e. The van der Waals surface area contributed by atoms with E-state index in [0.29, 0.717) is 0 Å². The number of hydrogen-bond donors (Lipinski definition) is 1. The molecule has 0 fully saturated rings. The zero-order valence-corrected chi connectivity index (χ0v) is 14.2. The van der Waals surface area contributed by atoms with E-state index in [1.807, 2.05) is 18.4 Å². The first-order valence-electron chi connectivity index (χ1n) is 7.75. The Bertz CT molecular complexity index is 598. The van der Waals surface area contributed by atoms with Gasteiger partial charge in [0, 0.05) is 4.88 Å². The zero-order chi connectivity index (χ0) is 15.0. The third-order valence-electron chi connectivity index (χ3n) is 4.26. The number of rotatable bonds is 3. The SMILES string of the molecule is CNC(c1ccc(C(C)(C)C)cc1)c1nc2c(s1)CCC2. The highest BCUT2D eigenvalue weighted by atomic mass is 32.1. The molecule has 3 heteroatoms. The maximum atomic E-state index is 4.87. The fraction of sp³-hybridized carbons (Fsp3) is 0.500. The Morgan fingerprint density at radius 3 is 2.43 bits per heavy atom. The van der Waals surface area contributed by atoms with Crippen LogP contribution in [0.1, 0.15) is 59.9 Å². The molecule has 1 heterocycles. The molecule has 3 rings (SSSR count). The first-order chi connectivity index (χ1) is 9.99. The van der Waals surface area contributed by atoms with Crippen molar-refractivity contribution >= 4 is 11.3 Å². The number of aromatic nitrogens is 1. The Labute approximate surface area is 131 Å². The minimum absolute atomic E-state index is 0.204. The van der Waals surface area contributed by atoms with Gasteiger partial charge in [0.1, 0.15) is 5.01 Å². The highest BCUT2D eigenvalue weighted by Gasteiger charge is 2.22. The summed E-state index contributed by atoms with van der Waals surface area (Å²) in [6.07, 6.45) is 3.65. The average Bonchev–Trinajstić information content (AvgIpc) is 3.00. The van der Waals surface area contributed by atoms with Crippen molar-refractivity contribution in [1.29, 1.82) is 0 Å². The van der Waals surface area contributed by atoms with Crippen LogP contribution >= 0.6 is 11.3 Å². The third kappa shape index (κ3) is 2.90. The lowest BCUT2D eigenvalue weighted by molar-refractivity contribution is 0.589. The van der Waals surface area contributed by atoms with Gasteiger partial charge < -0.3 is 5.32 Å². The van der Waals surface area contributed by atoms with Crippen molar-refractivity contribution < 1.29 is 0 Å². The van der Waals surface area contributed by atoms with Crippen LogP contribution in [0.5, 0.6) is 0 Å². The van der Waals surface area contributed by atoms with Crippen molar-refractivity contribution in [3.8, 4) is 0 Å². The van der Waals surface area contributed by atoms with Crippen LogP contribution in [0.15, 0.2) is 24.3 Å². The molecule has 0 aliphatic heterocycles. The summed E-state index contributed by atoms with van der Waals surface area (Å²) in [5.41, 5.74) is 4.22. The van der Waals surface area contributed by atoms with Gasteiger partial charge in [0.25, 0.3) is 0 Å². The molecular formula is C18H24N2S. The normalized spacial score (nSPS) is 16.0. The quantitative estimate of drug-likeness (QED) is 0.917. The minimum atomic E-state index is 0.204. The number of fused-ring (bicyclic) bond motifs is 1. The van der Waals surface area contributed by atoms with E-state index in [0.717, 1.165) is 6.42 Å². The summed E-state index contributed by atoms with van der Waals surface area (Å²) in [6, 6.07) is 9.21. The zero-order valence-electron chi connectivity index (χ0n) is 13.4. The van der Waals surface area contributed by atoms with Crippen LogP contribution < -0.4 is 5.32 Å². The van der Waals surface area contributed by atoms with Crippen molar-refractivity contribution in [2.24, 2.45) is 0 Å². The topological polar surface area (TPSA) is 24.9 Å². The number of benzene rings is 1. The van der Waals surface area contributed by atoms with Gasteiger partial charge >= 0.3 is 0 Å². The first-order valence-corrected chi connectivity index (χ1v) is 8.57. The molecule has 0 spiro atoms. The second kappa shape index (κ2) is 5.54. The van der Waals surface area contributed by atoms with E-state index in [1.165, 1.54) is 39.5 Å². The van der Waals surface area contributed by atoms with Gasteiger partial charge in [0.2, 0.25) is 0 Å². The predicted molar refractivity (Wildman–Crippen MR) is 90.2 cm³/mol. The summed E-state index contributed by atoms with van der Waals surface area (Å²) in [6.45, 7) is 6.76. The van der Waals surface area contributed by atoms with E-state index in [4.69, 9.17) is 4.98 Å². The maximum Gasteiger partial charge on any atom is 0.115 e. The molecule has 1 N–H and O–H groups in total. The second-order valence-electron chi connectivity index (χ2n) is 6.87. The highest BCUT2D eigenvalue weighted by molar-refractivity contribution is 7.11. The fourth-order valence-electron chi connectivity index (χ4n) is 2.94. The Hall–Kier alpha value is -1.19. The number of aryl methyl sites for hydroxylation is 2. The van der Waals surface area contributed by atoms with Crippen LogP contribution in [0.4, 0.5) is 0 Å². The largest absolute Gasteiger partial charge is 0.307 e. The molecule has 0 radical (unpaired) electrons. The lowest BCUT2D eigenvalue weighted by Crippen LogP contribution is -2.18. The van der Waals surface area contributed by atoms with E-state index >= 15 is 0 Å². The fourth-order valence-corrected chi connectivity index (χ4v) is 4.23. The maximum absolute atomic E-state index is 4.87. The Morgan fingerprint density at radius 1 is 1.14 bits per heavy atom. The first kappa shape index (κ1) is 14.7. The molecule has 2 nitrogen and oxygen atoms in total. The van der Waals surface area contributed by atoms with Crippen molar-refractivity contribution in [1.82, 2.24) is 10.3 Å². The Kier molecular flexibility index (Phi) is 3.89. The van der Waals surface area contributed by atoms with Gasteiger partial charge in [0.05, 0.1) is 11.7 Å². The van der Waals surface area contributed by atoms with Gasteiger partial charge in [-0.05, 0) is 42.9 Å². The van der Waals surface area contributed by atoms with E-state index in [2.05, 4.69) is 50.4 Å². The van der Waals surface area contributed by atoms with E-state index in [9.17, 15) is 0 Å². The molecule has 112 valence electrons. The van der Waals surface area contributed by atoms with Crippen LogP contribution in [-0.2, 0) is 18.3 Å². The number of hydrogen-bond acceptors (Lipinski definition) is 3. The van der Waals surface area contributed by atoms with Crippen LogP contribution in [0, 0.1) is 0 Å². The molecule has 1 aliphatic carbocycles. The van der Waals surface area contributed by atoms with Gasteiger partial charge in [0.15, 0.2) is 0 Å².